The van der Waals surface area contributed by atoms with Crippen molar-refractivity contribution in [2.24, 2.45) is 0 Å². The van der Waals surface area contributed by atoms with E-state index < -0.39 is 0 Å². The third-order valence-corrected chi connectivity index (χ3v) is 3.89. The van der Waals surface area contributed by atoms with Crippen molar-refractivity contribution in [1.82, 2.24) is 4.57 Å². The normalized spacial score (nSPS) is 11.2. The van der Waals surface area contributed by atoms with Crippen molar-refractivity contribution in [2.45, 2.75) is 13.2 Å². The minimum atomic E-state index is -0.211. The Bertz CT molecular complexity index is 766. The summed E-state index contributed by atoms with van der Waals surface area (Å²) in [6.45, 7) is 0.419. The highest BCUT2D eigenvalue weighted by Crippen LogP contribution is 2.26. The van der Waals surface area contributed by atoms with Crippen LogP contribution in [0.2, 0.25) is 0 Å². The fourth-order valence-electron chi connectivity index (χ4n) is 2.41. The van der Waals surface area contributed by atoms with Crippen LogP contribution in [0, 0.1) is 5.82 Å². The number of benzene rings is 2. The van der Waals surface area contributed by atoms with Gasteiger partial charge in [-0.2, -0.15) is 0 Å². The highest BCUT2D eigenvalue weighted by Gasteiger charge is 2.10. The number of rotatable bonds is 3. The SMILES string of the molecule is OCc1cn(Cc2ccccc2F)c2ccc(Br)cc12. The zero-order chi connectivity index (χ0) is 14.1. The summed E-state index contributed by atoms with van der Waals surface area (Å²) in [7, 11) is 0. The van der Waals surface area contributed by atoms with E-state index in [4.69, 9.17) is 0 Å². The number of halogens is 2. The average molecular weight is 334 g/mol. The van der Waals surface area contributed by atoms with Crippen LogP contribution in [0.4, 0.5) is 4.39 Å². The largest absolute Gasteiger partial charge is 0.392 e. The summed E-state index contributed by atoms with van der Waals surface area (Å²) in [5.74, 6) is -0.211. The maximum absolute atomic E-state index is 13.8. The van der Waals surface area contributed by atoms with E-state index in [0.29, 0.717) is 12.1 Å². The number of aliphatic hydroxyl groups is 1. The van der Waals surface area contributed by atoms with Gasteiger partial charge in [-0.25, -0.2) is 4.39 Å². The van der Waals surface area contributed by atoms with E-state index in [1.807, 2.05) is 35.0 Å². The van der Waals surface area contributed by atoms with Gasteiger partial charge in [-0.3, -0.25) is 0 Å². The zero-order valence-corrected chi connectivity index (χ0v) is 12.3. The summed E-state index contributed by atoms with van der Waals surface area (Å²) in [6.07, 6.45) is 1.88. The molecule has 3 aromatic rings. The first kappa shape index (κ1) is 13.3. The Morgan fingerprint density at radius 3 is 2.65 bits per heavy atom. The van der Waals surface area contributed by atoms with Gasteiger partial charge in [0.15, 0.2) is 0 Å². The van der Waals surface area contributed by atoms with Gasteiger partial charge >= 0.3 is 0 Å². The highest BCUT2D eigenvalue weighted by molar-refractivity contribution is 9.10. The smallest absolute Gasteiger partial charge is 0.128 e. The van der Waals surface area contributed by atoms with Crippen LogP contribution in [0.25, 0.3) is 10.9 Å². The molecule has 0 radical (unpaired) electrons. The monoisotopic (exact) mass is 333 g/mol. The molecule has 0 aliphatic rings. The van der Waals surface area contributed by atoms with E-state index >= 15 is 0 Å². The Morgan fingerprint density at radius 1 is 1.10 bits per heavy atom. The van der Waals surface area contributed by atoms with Crippen molar-refractivity contribution in [2.75, 3.05) is 0 Å². The molecular formula is C16H13BrFNO. The van der Waals surface area contributed by atoms with Crippen LogP contribution in [0.5, 0.6) is 0 Å². The number of nitrogens with zero attached hydrogens (tertiary/aromatic N) is 1. The number of hydrogen-bond donors (Lipinski definition) is 1. The van der Waals surface area contributed by atoms with E-state index in [0.717, 1.165) is 20.9 Å². The fraction of sp³-hybridized carbons (Fsp3) is 0.125. The molecule has 0 unspecified atom stereocenters. The standard InChI is InChI=1S/C16H13BrFNO/c17-13-5-6-16-14(7-13)12(10-20)9-19(16)8-11-3-1-2-4-15(11)18/h1-7,9,20H,8,10H2. The van der Waals surface area contributed by atoms with Gasteiger partial charge in [-0.15, -0.1) is 0 Å². The van der Waals surface area contributed by atoms with Crippen LogP contribution >= 0.6 is 15.9 Å². The van der Waals surface area contributed by atoms with Crippen molar-refractivity contribution in [3.63, 3.8) is 0 Å². The quantitative estimate of drug-likeness (QED) is 0.767. The van der Waals surface area contributed by atoms with Gasteiger partial charge < -0.3 is 9.67 Å². The van der Waals surface area contributed by atoms with Crippen molar-refractivity contribution < 1.29 is 9.50 Å². The molecule has 0 fully saturated rings. The lowest BCUT2D eigenvalue weighted by Gasteiger charge is -2.06. The van der Waals surface area contributed by atoms with E-state index in [9.17, 15) is 9.50 Å². The van der Waals surface area contributed by atoms with E-state index in [2.05, 4.69) is 15.9 Å². The topological polar surface area (TPSA) is 25.2 Å². The van der Waals surface area contributed by atoms with Gasteiger partial charge in [0, 0.05) is 32.7 Å². The molecule has 102 valence electrons. The van der Waals surface area contributed by atoms with Gasteiger partial charge in [0.2, 0.25) is 0 Å². The van der Waals surface area contributed by atoms with E-state index in [-0.39, 0.29) is 12.4 Å². The van der Waals surface area contributed by atoms with Gasteiger partial charge in [-0.05, 0) is 24.3 Å². The molecule has 0 saturated heterocycles. The first-order chi connectivity index (χ1) is 9.69. The maximum atomic E-state index is 13.8. The summed E-state index contributed by atoms with van der Waals surface area (Å²) in [5, 5.41) is 10.4. The molecule has 0 atom stereocenters. The average Bonchev–Trinajstić information content (AvgIpc) is 2.78. The number of hydrogen-bond acceptors (Lipinski definition) is 1. The molecule has 0 amide bonds. The molecule has 3 rings (SSSR count). The van der Waals surface area contributed by atoms with Crippen LogP contribution in [0.15, 0.2) is 53.1 Å². The molecule has 1 aromatic heterocycles. The highest BCUT2D eigenvalue weighted by atomic mass is 79.9. The second kappa shape index (κ2) is 5.38. The molecule has 4 heteroatoms. The second-order valence-electron chi connectivity index (χ2n) is 4.69. The Balaban J connectivity index is 2.10. The van der Waals surface area contributed by atoms with Crippen molar-refractivity contribution in [3.05, 3.63) is 70.1 Å². The number of fused-ring (bicyclic) bond motifs is 1. The van der Waals surface area contributed by atoms with Gasteiger partial charge in [0.05, 0.1) is 13.2 Å². The Labute approximate surface area is 124 Å². The van der Waals surface area contributed by atoms with Crippen LogP contribution < -0.4 is 0 Å². The maximum Gasteiger partial charge on any atom is 0.128 e. The minimum absolute atomic E-state index is 0.0305. The molecule has 2 aromatic carbocycles. The molecule has 2 nitrogen and oxygen atoms in total. The zero-order valence-electron chi connectivity index (χ0n) is 10.7. The summed E-state index contributed by atoms with van der Waals surface area (Å²) in [4.78, 5) is 0. The number of aromatic nitrogens is 1. The lowest BCUT2D eigenvalue weighted by Crippen LogP contribution is -2.00. The molecule has 20 heavy (non-hydrogen) atoms. The molecule has 0 bridgehead atoms. The fourth-order valence-corrected chi connectivity index (χ4v) is 2.77. The number of aliphatic hydroxyl groups excluding tert-OH is 1. The van der Waals surface area contributed by atoms with Crippen LogP contribution in [-0.4, -0.2) is 9.67 Å². The Morgan fingerprint density at radius 2 is 1.90 bits per heavy atom. The predicted octanol–water partition coefficient (Wildman–Crippen LogP) is 4.08. The van der Waals surface area contributed by atoms with Gasteiger partial charge in [-0.1, -0.05) is 34.1 Å². The minimum Gasteiger partial charge on any atom is -0.392 e. The summed E-state index contributed by atoms with van der Waals surface area (Å²) >= 11 is 3.43. The second-order valence-corrected chi connectivity index (χ2v) is 5.61. The molecule has 0 aliphatic carbocycles. The lowest BCUT2D eigenvalue weighted by atomic mass is 10.2. The first-order valence-electron chi connectivity index (χ1n) is 6.30. The molecule has 1 heterocycles. The molecule has 0 aliphatic heterocycles. The summed E-state index contributed by atoms with van der Waals surface area (Å²) in [6, 6.07) is 12.6. The molecule has 0 saturated carbocycles. The van der Waals surface area contributed by atoms with E-state index in [1.54, 1.807) is 12.1 Å². The van der Waals surface area contributed by atoms with Crippen molar-refractivity contribution in [1.29, 1.82) is 0 Å². The summed E-state index contributed by atoms with van der Waals surface area (Å²) in [5.41, 5.74) is 2.47. The van der Waals surface area contributed by atoms with Gasteiger partial charge in [0.25, 0.3) is 0 Å². The third-order valence-electron chi connectivity index (χ3n) is 3.39. The molecule has 0 spiro atoms. The molecular weight excluding hydrogens is 321 g/mol. The van der Waals surface area contributed by atoms with Gasteiger partial charge in [0.1, 0.15) is 5.82 Å². The summed E-state index contributed by atoms with van der Waals surface area (Å²) < 4.78 is 16.7. The van der Waals surface area contributed by atoms with Crippen molar-refractivity contribution in [3.8, 4) is 0 Å². The van der Waals surface area contributed by atoms with Crippen LogP contribution in [0.3, 0.4) is 0 Å². The Hall–Kier alpha value is -1.65. The van der Waals surface area contributed by atoms with E-state index in [1.165, 1.54) is 6.07 Å². The predicted molar refractivity (Wildman–Crippen MR) is 81.1 cm³/mol. The lowest BCUT2D eigenvalue weighted by molar-refractivity contribution is 0.283. The first-order valence-corrected chi connectivity index (χ1v) is 7.10. The Kier molecular flexibility index (Phi) is 3.59. The van der Waals surface area contributed by atoms with Crippen LogP contribution in [-0.2, 0) is 13.2 Å². The third kappa shape index (κ3) is 2.37. The van der Waals surface area contributed by atoms with Crippen LogP contribution in [0.1, 0.15) is 11.1 Å². The molecule has 1 N–H and O–H groups in total. The van der Waals surface area contributed by atoms with Crippen molar-refractivity contribution >= 4 is 26.8 Å².